The standard InChI is InChI=1S/C24H35ClO4/c1-24(2,3)23(28)17-13-11-16(12-14-17)22-18(19(25)15-20(22)26)9-7-5-6-8-10-21(27)29-4/h5,7,11-14,18-20,22-23,26,28H,6,8-10,15H2,1-4H3/b7-5+. The monoisotopic (exact) mass is 422 g/mol. The summed E-state index contributed by atoms with van der Waals surface area (Å²) in [6, 6.07) is 7.94. The summed E-state index contributed by atoms with van der Waals surface area (Å²) in [4.78, 5) is 11.1. The number of aliphatic hydroxyl groups excluding tert-OH is 2. The maximum Gasteiger partial charge on any atom is 0.305 e. The van der Waals surface area contributed by atoms with E-state index in [9.17, 15) is 15.0 Å². The molecule has 162 valence electrons. The van der Waals surface area contributed by atoms with Gasteiger partial charge in [-0.25, -0.2) is 0 Å². The molecule has 5 unspecified atom stereocenters. The highest BCUT2D eigenvalue weighted by molar-refractivity contribution is 6.21. The smallest absolute Gasteiger partial charge is 0.305 e. The van der Waals surface area contributed by atoms with Gasteiger partial charge in [-0.05, 0) is 48.1 Å². The van der Waals surface area contributed by atoms with Gasteiger partial charge in [-0.15, -0.1) is 11.6 Å². The Balaban J connectivity index is 2.01. The Morgan fingerprint density at radius 3 is 2.52 bits per heavy atom. The summed E-state index contributed by atoms with van der Waals surface area (Å²) in [5.41, 5.74) is 1.73. The average molecular weight is 423 g/mol. The summed E-state index contributed by atoms with van der Waals surface area (Å²) in [5, 5.41) is 21.0. The van der Waals surface area contributed by atoms with Crippen LogP contribution in [-0.2, 0) is 9.53 Å². The third-order valence-corrected chi connectivity index (χ3v) is 6.32. The first-order valence-corrected chi connectivity index (χ1v) is 10.9. The minimum Gasteiger partial charge on any atom is -0.469 e. The van der Waals surface area contributed by atoms with Gasteiger partial charge in [0.25, 0.3) is 0 Å². The van der Waals surface area contributed by atoms with Crippen LogP contribution >= 0.6 is 11.6 Å². The second-order valence-corrected chi connectivity index (χ2v) is 9.68. The van der Waals surface area contributed by atoms with E-state index in [1.54, 1.807) is 0 Å². The Morgan fingerprint density at radius 1 is 1.28 bits per heavy atom. The maximum absolute atomic E-state index is 11.1. The first kappa shape index (κ1) is 23.9. The van der Waals surface area contributed by atoms with Crippen molar-refractivity contribution in [3.8, 4) is 0 Å². The molecular weight excluding hydrogens is 388 g/mol. The Hall–Kier alpha value is -1.36. The molecule has 0 bridgehead atoms. The molecular formula is C24H35ClO4. The van der Waals surface area contributed by atoms with Crippen LogP contribution in [0, 0.1) is 11.3 Å². The molecule has 2 N–H and O–H groups in total. The third-order valence-electron chi connectivity index (χ3n) is 5.82. The number of carbonyl (C=O) groups excluding carboxylic acids is 1. The SMILES string of the molecule is COC(=O)CCC/C=C/CC1C(Cl)CC(O)C1c1ccc(C(O)C(C)(C)C)cc1. The number of esters is 1. The van der Waals surface area contributed by atoms with Crippen molar-refractivity contribution in [2.45, 2.75) is 76.4 Å². The van der Waals surface area contributed by atoms with Crippen LogP contribution in [0.2, 0.25) is 0 Å². The van der Waals surface area contributed by atoms with Gasteiger partial charge in [-0.2, -0.15) is 0 Å². The van der Waals surface area contributed by atoms with E-state index < -0.39 is 12.2 Å². The minimum absolute atomic E-state index is 0.0157. The molecule has 0 heterocycles. The first-order chi connectivity index (χ1) is 13.6. The maximum atomic E-state index is 11.1. The predicted octanol–water partition coefficient (Wildman–Crippen LogP) is 5.13. The highest BCUT2D eigenvalue weighted by atomic mass is 35.5. The Morgan fingerprint density at radius 2 is 1.93 bits per heavy atom. The summed E-state index contributed by atoms with van der Waals surface area (Å²) >= 11 is 6.56. The second-order valence-electron chi connectivity index (χ2n) is 9.12. The molecule has 5 heteroatoms. The van der Waals surface area contributed by atoms with Gasteiger partial charge >= 0.3 is 5.97 Å². The zero-order chi connectivity index (χ0) is 21.6. The average Bonchev–Trinajstić information content (AvgIpc) is 2.96. The van der Waals surface area contributed by atoms with Crippen LogP contribution in [0.1, 0.15) is 76.0 Å². The van der Waals surface area contributed by atoms with Crippen molar-refractivity contribution >= 4 is 17.6 Å². The number of benzene rings is 1. The number of hydrogen-bond donors (Lipinski definition) is 2. The lowest BCUT2D eigenvalue weighted by Crippen LogP contribution is -2.20. The van der Waals surface area contributed by atoms with Crippen molar-refractivity contribution in [3.05, 3.63) is 47.5 Å². The lowest BCUT2D eigenvalue weighted by molar-refractivity contribution is -0.140. The van der Waals surface area contributed by atoms with E-state index in [4.69, 9.17) is 11.6 Å². The third kappa shape index (κ3) is 6.56. The van der Waals surface area contributed by atoms with Crippen molar-refractivity contribution in [1.82, 2.24) is 0 Å². The van der Waals surface area contributed by atoms with Crippen LogP contribution in [0.3, 0.4) is 0 Å². The fourth-order valence-electron chi connectivity index (χ4n) is 4.06. The molecule has 1 aliphatic carbocycles. The zero-order valence-corrected chi connectivity index (χ0v) is 18.7. The molecule has 1 aromatic carbocycles. The van der Waals surface area contributed by atoms with Gasteiger partial charge < -0.3 is 14.9 Å². The van der Waals surface area contributed by atoms with Crippen molar-refractivity contribution in [2.24, 2.45) is 11.3 Å². The fraction of sp³-hybridized carbons (Fsp3) is 0.625. The van der Waals surface area contributed by atoms with E-state index in [0.29, 0.717) is 12.8 Å². The molecule has 1 aliphatic rings. The van der Waals surface area contributed by atoms with E-state index in [-0.39, 0.29) is 28.6 Å². The van der Waals surface area contributed by atoms with E-state index in [2.05, 4.69) is 16.9 Å². The van der Waals surface area contributed by atoms with Crippen molar-refractivity contribution in [2.75, 3.05) is 7.11 Å². The molecule has 0 radical (unpaired) electrons. The molecule has 1 saturated carbocycles. The predicted molar refractivity (Wildman–Crippen MR) is 117 cm³/mol. The van der Waals surface area contributed by atoms with E-state index in [0.717, 1.165) is 30.4 Å². The molecule has 0 aliphatic heterocycles. The van der Waals surface area contributed by atoms with Gasteiger partial charge in [0.15, 0.2) is 0 Å². The fourth-order valence-corrected chi connectivity index (χ4v) is 4.51. The van der Waals surface area contributed by atoms with Gasteiger partial charge in [0.2, 0.25) is 0 Å². The Kier molecular flexibility index (Phi) is 8.74. The molecule has 29 heavy (non-hydrogen) atoms. The Labute approximate surface area is 179 Å². The number of allylic oxidation sites excluding steroid dienone is 2. The summed E-state index contributed by atoms with van der Waals surface area (Å²) in [7, 11) is 1.40. The van der Waals surface area contributed by atoms with Gasteiger partial charge in [-0.3, -0.25) is 4.79 Å². The van der Waals surface area contributed by atoms with Crippen LogP contribution in [0.15, 0.2) is 36.4 Å². The van der Waals surface area contributed by atoms with Crippen molar-refractivity contribution in [1.29, 1.82) is 0 Å². The second kappa shape index (κ2) is 10.6. The molecule has 0 saturated heterocycles. The van der Waals surface area contributed by atoms with Crippen LogP contribution in [0.5, 0.6) is 0 Å². The van der Waals surface area contributed by atoms with E-state index in [1.807, 2.05) is 45.0 Å². The van der Waals surface area contributed by atoms with Crippen LogP contribution < -0.4 is 0 Å². The number of carbonyl (C=O) groups is 1. The number of unbranched alkanes of at least 4 members (excludes halogenated alkanes) is 1. The van der Waals surface area contributed by atoms with Gasteiger partial charge in [0.1, 0.15) is 0 Å². The number of alkyl halides is 1. The largest absolute Gasteiger partial charge is 0.469 e. The summed E-state index contributed by atoms with van der Waals surface area (Å²) < 4.78 is 4.64. The summed E-state index contributed by atoms with van der Waals surface area (Å²) in [6.45, 7) is 6.04. The molecule has 0 amide bonds. The number of methoxy groups -OCH3 is 1. The molecule has 2 rings (SSSR count). The molecule has 1 aromatic rings. The van der Waals surface area contributed by atoms with Crippen molar-refractivity contribution in [3.63, 3.8) is 0 Å². The Bertz CT molecular complexity index is 677. The number of halogens is 1. The van der Waals surface area contributed by atoms with Gasteiger partial charge in [-0.1, -0.05) is 57.2 Å². The molecule has 5 atom stereocenters. The lowest BCUT2D eigenvalue weighted by Gasteiger charge is -2.27. The number of aliphatic hydroxyl groups is 2. The summed E-state index contributed by atoms with van der Waals surface area (Å²) in [6.07, 6.45) is 6.58. The normalized spacial score (nSPS) is 26.0. The van der Waals surface area contributed by atoms with Gasteiger partial charge in [0.05, 0.1) is 19.3 Å². The summed E-state index contributed by atoms with van der Waals surface area (Å²) in [5.74, 6) is -0.0433. The molecule has 1 fully saturated rings. The number of hydrogen-bond acceptors (Lipinski definition) is 4. The topological polar surface area (TPSA) is 66.8 Å². The molecule has 0 spiro atoms. The van der Waals surface area contributed by atoms with Crippen LogP contribution in [0.4, 0.5) is 0 Å². The van der Waals surface area contributed by atoms with E-state index >= 15 is 0 Å². The minimum atomic E-state index is -0.533. The number of ether oxygens (including phenoxy) is 1. The first-order valence-electron chi connectivity index (χ1n) is 10.5. The van der Waals surface area contributed by atoms with Crippen LogP contribution in [-0.4, -0.2) is 34.8 Å². The quantitative estimate of drug-likeness (QED) is 0.264. The van der Waals surface area contributed by atoms with Gasteiger partial charge in [0, 0.05) is 17.7 Å². The molecule has 4 nitrogen and oxygen atoms in total. The zero-order valence-electron chi connectivity index (χ0n) is 18.0. The molecule has 0 aromatic heterocycles. The number of rotatable bonds is 8. The van der Waals surface area contributed by atoms with Crippen molar-refractivity contribution < 1.29 is 19.7 Å². The lowest BCUT2D eigenvalue weighted by atomic mass is 9.82. The van der Waals surface area contributed by atoms with E-state index in [1.165, 1.54) is 7.11 Å². The van der Waals surface area contributed by atoms with Crippen LogP contribution in [0.25, 0.3) is 0 Å². The highest BCUT2D eigenvalue weighted by Crippen LogP contribution is 2.45. The highest BCUT2D eigenvalue weighted by Gasteiger charge is 2.41.